The molecular formula is C12H17N3O4S. The van der Waals surface area contributed by atoms with Gasteiger partial charge in [-0.3, -0.25) is 10.1 Å². The van der Waals surface area contributed by atoms with Gasteiger partial charge in [-0.1, -0.05) is 6.07 Å². The highest BCUT2D eigenvalue weighted by molar-refractivity contribution is 7.89. The Morgan fingerprint density at radius 2 is 2.05 bits per heavy atom. The fourth-order valence-electron chi connectivity index (χ4n) is 2.35. The van der Waals surface area contributed by atoms with Crippen molar-refractivity contribution < 1.29 is 13.3 Å². The Hall–Kier alpha value is -1.51. The quantitative estimate of drug-likeness (QED) is 0.660. The number of hydrogen-bond donors (Lipinski definition) is 1. The second-order valence-electron chi connectivity index (χ2n) is 5.02. The van der Waals surface area contributed by atoms with Gasteiger partial charge in [0, 0.05) is 25.2 Å². The lowest BCUT2D eigenvalue weighted by Crippen LogP contribution is -2.32. The van der Waals surface area contributed by atoms with Gasteiger partial charge in [0.15, 0.2) is 4.90 Å². The summed E-state index contributed by atoms with van der Waals surface area (Å²) in [6, 6.07) is 2.59. The van der Waals surface area contributed by atoms with Gasteiger partial charge in [-0.2, -0.15) is 4.31 Å². The first kappa shape index (κ1) is 14.9. The average Bonchev–Trinajstić information content (AvgIpc) is 2.79. The molecule has 1 heterocycles. The molecule has 1 fully saturated rings. The fourth-order valence-corrected chi connectivity index (χ4v) is 4.29. The third-order valence-corrected chi connectivity index (χ3v) is 5.68. The second kappa shape index (κ2) is 5.12. The topological polar surface area (TPSA) is 107 Å². The van der Waals surface area contributed by atoms with Crippen LogP contribution in [-0.4, -0.2) is 36.8 Å². The standard InChI is InChI=1S/C12H17N3O4S/c1-8-3-4-11(15(16)17)12(9(8)2)20(18,19)14-6-5-10(13)7-14/h3-4,10H,5-7,13H2,1-2H3/t10-/m1/s1. The maximum Gasteiger partial charge on any atom is 0.289 e. The monoisotopic (exact) mass is 299 g/mol. The molecule has 2 rings (SSSR count). The van der Waals surface area contributed by atoms with Crippen LogP contribution in [0.5, 0.6) is 0 Å². The van der Waals surface area contributed by atoms with Crippen LogP contribution in [-0.2, 0) is 10.0 Å². The smallest absolute Gasteiger partial charge is 0.289 e. The molecule has 0 radical (unpaired) electrons. The lowest BCUT2D eigenvalue weighted by atomic mass is 10.1. The molecule has 1 saturated heterocycles. The summed E-state index contributed by atoms with van der Waals surface area (Å²) >= 11 is 0. The van der Waals surface area contributed by atoms with Gasteiger partial charge in [0.2, 0.25) is 10.0 Å². The van der Waals surface area contributed by atoms with Gasteiger partial charge in [-0.15, -0.1) is 0 Å². The maximum absolute atomic E-state index is 12.6. The zero-order valence-electron chi connectivity index (χ0n) is 11.4. The van der Waals surface area contributed by atoms with Gasteiger partial charge >= 0.3 is 0 Å². The molecule has 0 aliphatic carbocycles. The lowest BCUT2D eigenvalue weighted by Gasteiger charge is -2.18. The van der Waals surface area contributed by atoms with Crippen LogP contribution in [0.15, 0.2) is 17.0 Å². The van der Waals surface area contributed by atoms with Crippen molar-refractivity contribution in [1.82, 2.24) is 4.31 Å². The molecule has 110 valence electrons. The van der Waals surface area contributed by atoms with Crippen LogP contribution in [0.4, 0.5) is 5.69 Å². The number of nitrogens with two attached hydrogens (primary N) is 1. The van der Waals surface area contributed by atoms with Crippen molar-refractivity contribution >= 4 is 15.7 Å². The third-order valence-electron chi connectivity index (χ3n) is 3.64. The number of sulfonamides is 1. The molecule has 0 unspecified atom stereocenters. The Kier molecular flexibility index (Phi) is 3.81. The van der Waals surface area contributed by atoms with Crippen LogP contribution in [0, 0.1) is 24.0 Å². The van der Waals surface area contributed by atoms with Gasteiger partial charge in [0.05, 0.1) is 4.92 Å². The zero-order chi connectivity index (χ0) is 15.1. The molecule has 8 heteroatoms. The molecule has 1 aromatic carbocycles. The molecule has 20 heavy (non-hydrogen) atoms. The summed E-state index contributed by atoms with van der Waals surface area (Å²) in [6.45, 7) is 3.82. The van der Waals surface area contributed by atoms with E-state index in [0.717, 1.165) is 0 Å². The molecular weight excluding hydrogens is 282 g/mol. The van der Waals surface area contributed by atoms with E-state index < -0.39 is 14.9 Å². The number of aryl methyl sites for hydroxylation is 1. The van der Waals surface area contributed by atoms with Crippen LogP contribution in [0.1, 0.15) is 17.5 Å². The van der Waals surface area contributed by atoms with Gasteiger partial charge in [-0.05, 0) is 31.4 Å². The van der Waals surface area contributed by atoms with Gasteiger partial charge in [0.1, 0.15) is 0 Å². The molecule has 0 bridgehead atoms. The molecule has 0 aromatic heterocycles. The average molecular weight is 299 g/mol. The van der Waals surface area contributed by atoms with Crippen LogP contribution < -0.4 is 5.73 Å². The van der Waals surface area contributed by atoms with E-state index in [9.17, 15) is 18.5 Å². The van der Waals surface area contributed by atoms with Crippen molar-refractivity contribution in [1.29, 1.82) is 0 Å². The lowest BCUT2D eigenvalue weighted by molar-refractivity contribution is -0.388. The maximum atomic E-state index is 12.6. The van der Waals surface area contributed by atoms with Crippen LogP contribution in [0.2, 0.25) is 0 Å². The Morgan fingerprint density at radius 3 is 2.55 bits per heavy atom. The van der Waals surface area contributed by atoms with Crippen molar-refractivity contribution in [3.8, 4) is 0 Å². The van der Waals surface area contributed by atoms with E-state index in [1.165, 1.54) is 10.4 Å². The van der Waals surface area contributed by atoms with Gasteiger partial charge in [0.25, 0.3) is 5.69 Å². The van der Waals surface area contributed by atoms with Crippen LogP contribution in [0.25, 0.3) is 0 Å². The number of nitro groups is 1. The number of hydrogen-bond acceptors (Lipinski definition) is 5. The van der Waals surface area contributed by atoms with Gasteiger partial charge < -0.3 is 5.73 Å². The summed E-state index contributed by atoms with van der Waals surface area (Å²) in [5.74, 6) is 0. The molecule has 0 spiro atoms. The molecule has 1 aliphatic rings. The highest BCUT2D eigenvalue weighted by Gasteiger charge is 2.37. The first-order valence-electron chi connectivity index (χ1n) is 6.25. The zero-order valence-corrected chi connectivity index (χ0v) is 12.2. The number of rotatable bonds is 3. The predicted octanol–water partition coefficient (Wildman–Crippen LogP) is 0.933. The van der Waals surface area contributed by atoms with Crippen LogP contribution >= 0.6 is 0 Å². The van der Waals surface area contributed by atoms with E-state index >= 15 is 0 Å². The van der Waals surface area contributed by atoms with Crippen molar-refractivity contribution in [3.63, 3.8) is 0 Å². The minimum absolute atomic E-state index is 0.201. The molecule has 1 atom stereocenters. The minimum Gasteiger partial charge on any atom is -0.326 e. The van der Waals surface area contributed by atoms with Crippen LogP contribution in [0.3, 0.4) is 0 Å². The first-order valence-corrected chi connectivity index (χ1v) is 7.69. The van der Waals surface area contributed by atoms with E-state index in [1.54, 1.807) is 19.9 Å². The van der Waals surface area contributed by atoms with E-state index in [4.69, 9.17) is 5.73 Å². The highest BCUT2D eigenvalue weighted by Crippen LogP contribution is 2.32. The summed E-state index contributed by atoms with van der Waals surface area (Å²) in [7, 11) is -3.89. The number of nitro benzene ring substituents is 1. The summed E-state index contributed by atoms with van der Waals surface area (Å²) in [5.41, 5.74) is 6.47. The van der Waals surface area contributed by atoms with Crippen molar-refractivity contribution in [2.24, 2.45) is 5.73 Å². The van der Waals surface area contributed by atoms with Crippen molar-refractivity contribution in [3.05, 3.63) is 33.4 Å². The van der Waals surface area contributed by atoms with Gasteiger partial charge in [-0.25, -0.2) is 8.42 Å². The molecule has 1 aromatic rings. The Balaban J connectivity index is 2.62. The van der Waals surface area contributed by atoms with E-state index in [-0.39, 0.29) is 23.2 Å². The van der Waals surface area contributed by atoms with Crippen molar-refractivity contribution in [2.45, 2.75) is 31.2 Å². The largest absolute Gasteiger partial charge is 0.326 e. The number of benzene rings is 1. The SMILES string of the molecule is Cc1ccc([N+](=O)[O-])c(S(=O)(=O)N2CC[C@@H](N)C2)c1C. The summed E-state index contributed by atoms with van der Waals surface area (Å²) in [6.07, 6.45) is 0.567. The summed E-state index contributed by atoms with van der Waals surface area (Å²) < 4.78 is 26.5. The first-order chi connectivity index (χ1) is 9.25. The fraction of sp³-hybridized carbons (Fsp3) is 0.500. The Labute approximate surface area is 117 Å². The molecule has 2 N–H and O–H groups in total. The molecule has 7 nitrogen and oxygen atoms in total. The predicted molar refractivity (Wildman–Crippen MR) is 73.9 cm³/mol. The molecule has 0 saturated carbocycles. The second-order valence-corrected chi connectivity index (χ2v) is 6.90. The van der Waals surface area contributed by atoms with E-state index in [2.05, 4.69) is 0 Å². The number of nitrogens with zero attached hydrogens (tertiary/aromatic N) is 2. The Morgan fingerprint density at radius 1 is 1.40 bits per heavy atom. The summed E-state index contributed by atoms with van der Waals surface area (Å²) in [4.78, 5) is 10.2. The normalized spacial score (nSPS) is 20.2. The Bertz CT molecular complexity index is 657. The molecule has 1 aliphatic heterocycles. The van der Waals surface area contributed by atoms with E-state index in [1.807, 2.05) is 0 Å². The minimum atomic E-state index is -3.89. The highest BCUT2D eigenvalue weighted by atomic mass is 32.2. The van der Waals surface area contributed by atoms with Crippen molar-refractivity contribution in [2.75, 3.05) is 13.1 Å². The summed E-state index contributed by atoms with van der Waals surface area (Å²) in [5, 5.41) is 11.1. The van der Waals surface area contributed by atoms with E-state index in [0.29, 0.717) is 24.1 Å². The molecule has 0 amide bonds. The third kappa shape index (κ3) is 2.41.